The Morgan fingerprint density at radius 2 is 1.74 bits per heavy atom. The molecule has 1 aromatic heterocycles. The molecule has 0 atom stereocenters. The Kier molecular flexibility index (Phi) is 7.04. The molecule has 0 bridgehead atoms. The number of aromatic nitrogens is 1. The average molecular weight is 506 g/mol. The van der Waals surface area contributed by atoms with Gasteiger partial charge in [0.25, 0.3) is 11.5 Å². The van der Waals surface area contributed by atoms with Crippen molar-refractivity contribution in [3.8, 4) is 0 Å². The maximum absolute atomic E-state index is 13.5. The highest BCUT2D eigenvalue weighted by molar-refractivity contribution is 8.26. The smallest absolute Gasteiger partial charge is 0.266 e. The van der Waals surface area contributed by atoms with E-state index in [0.29, 0.717) is 47.6 Å². The van der Waals surface area contributed by atoms with E-state index in [4.69, 9.17) is 17.0 Å². The molecule has 0 spiro atoms. The number of benzene rings is 2. The van der Waals surface area contributed by atoms with Gasteiger partial charge in [-0.15, -0.1) is 0 Å². The van der Waals surface area contributed by atoms with Crippen LogP contribution in [0, 0.1) is 0 Å². The number of para-hydroxylation sites is 1. The quantitative estimate of drug-likeness (QED) is 0.370. The molecule has 5 rings (SSSR count). The fourth-order valence-corrected chi connectivity index (χ4v) is 5.96. The van der Waals surface area contributed by atoms with Crippen molar-refractivity contribution >= 4 is 56.9 Å². The van der Waals surface area contributed by atoms with Crippen molar-refractivity contribution in [3.05, 3.63) is 81.0 Å². The molecule has 1 amide bonds. The van der Waals surface area contributed by atoms with Gasteiger partial charge in [0, 0.05) is 32.1 Å². The van der Waals surface area contributed by atoms with Crippen LogP contribution in [0.5, 0.6) is 0 Å². The lowest BCUT2D eigenvalue weighted by Gasteiger charge is -2.31. The van der Waals surface area contributed by atoms with E-state index in [1.54, 1.807) is 22.6 Å². The summed E-state index contributed by atoms with van der Waals surface area (Å²) in [5.41, 5.74) is 3.37. The van der Waals surface area contributed by atoms with E-state index >= 15 is 0 Å². The van der Waals surface area contributed by atoms with Crippen LogP contribution in [0.1, 0.15) is 17.5 Å². The summed E-state index contributed by atoms with van der Waals surface area (Å²) < 4.78 is 7.75. The Morgan fingerprint density at radius 1 is 1.03 bits per heavy atom. The number of thioether (sulfide) groups is 1. The first-order chi connectivity index (χ1) is 17.0. The van der Waals surface area contributed by atoms with Crippen LogP contribution in [0.3, 0.4) is 0 Å². The van der Waals surface area contributed by atoms with Crippen LogP contribution in [0.15, 0.2) is 64.3 Å². The molecular weight excluding hydrogens is 478 g/mol. The standard InChI is InChI=1S/C27H27N3O3S2/c1-28-22-12-6-5-11-20(22)24(29-14-16-33-17-15-29)21(25(28)31)18-23-26(32)30(27(34)35-23)13-7-10-19-8-3-2-4-9-19/h2-6,8-9,11-12,18H,7,10,13-17H2,1H3. The Labute approximate surface area is 214 Å². The molecule has 2 saturated heterocycles. The predicted molar refractivity (Wildman–Crippen MR) is 147 cm³/mol. The number of carbonyl (C=O) groups is 1. The number of ether oxygens (including phenoxy) is 1. The summed E-state index contributed by atoms with van der Waals surface area (Å²) in [7, 11) is 1.78. The Hall–Kier alpha value is -2.94. The molecule has 2 fully saturated rings. The van der Waals surface area contributed by atoms with Gasteiger partial charge in [0.2, 0.25) is 0 Å². The van der Waals surface area contributed by atoms with Crippen molar-refractivity contribution in [2.24, 2.45) is 7.05 Å². The molecule has 8 heteroatoms. The number of fused-ring (bicyclic) bond motifs is 1. The van der Waals surface area contributed by atoms with Crippen LogP contribution in [-0.4, -0.2) is 52.5 Å². The minimum absolute atomic E-state index is 0.125. The van der Waals surface area contributed by atoms with Crippen molar-refractivity contribution < 1.29 is 9.53 Å². The third-order valence-corrected chi connectivity index (χ3v) is 7.85. The van der Waals surface area contributed by atoms with Gasteiger partial charge >= 0.3 is 0 Å². The lowest BCUT2D eigenvalue weighted by atomic mass is 10.1. The van der Waals surface area contributed by atoms with Gasteiger partial charge in [-0.1, -0.05) is 72.5 Å². The van der Waals surface area contributed by atoms with Gasteiger partial charge in [-0.2, -0.15) is 0 Å². The lowest BCUT2D eigenvalue weighted by molar-refractivity contribution is -0.122. The second-order valence-corrected chi connectivity index (χ2v) is 10.3. The second kappa shape index (κ2) is 10.4. The van der Waals surface area contributed by atoms with Gasteiger partial charge in [-0.05, 0) is 30.5 Å². The van der Waals surface area contributed by atoms with Crippen LogP contribution in [0.4, 0.5) is 5.69 Å². The van der Waals surface area contributed by atoms with E-state index < -0.39 is 0 Å². The van der Waals surface area contributed by atoms with Gasteiger partial charge in [0.1, 0.15) is 4.32 Å². The summed E-state index contributed by atoms with van der Waals surface area (Å²) in [6.45, 7) is 3.15. The van der Waals surface area contributed by atoms with Crippen molar-refractivity contribution in [2.45, 2.75) is 12.8 Å². The molecular formula is C27H27N3O3S2. The van der Waals surface area contributed by atoms with E-state index in [9.17, 15) is 9.59 Å². The Balaban J connectivity index is 1.48. The maximum Gasteiger partial charge on any atom is 0.266 e. The molecule has 3 aromatic rings. The number of morpholine rings is 1. The van der Waals surface area contributed by atoms with Gasteiger partial charge in [0.05, 0.1) is 34.9 Å². The third kappa shape index (κ3) is 4.78. The first kappa shape index (κ1) is 23.8. The van der Waals surface area contributed by atoms with Gasteiger partial charge in [0.15, 0.2) is 0 Å². The number of pyridine rings is 1. The average Bonchev–Trinajstić information content (AvgIpc) is 3.16. The number of aryl methyl sites for hydroxylation is 2. The summed E-state index contributed by atoms with van der Waals surface area (Å²) in [6, 6.07) is 18.1. The highest BCUT2D eigenvalue weighted by atomic mass is 32.2. The number of anilines is 1. The van der Waals surface area contributed by atoms with Crippen LogP contribution in [0.25, 0.3) is 17.0 Å². The fourth-order valence-electron chi connectivity index (χ4n) is 4.67. The summed E-state index contributed by atoms with van der Waals surface area (Å²) in [4.78, 5) is 31.2. The van der Waals surface area contributed by atoms with Crippen LogP contribution in [-0.2, 0) is 23.0 Å². The number of hydrogen-bond donors (Lipinski definition) is 0. The SMILES string of the molecule is Cn1c(=O)c(C=C2SC(=S)N(CCCc3ccccc3)C2=O)c(N2CCOCC2)c2ccccc21. The normalized spacial score (nSPS) is 17.7. The molecule has 2 aromatic carbocycles. The highest BCUT2D eigenvalue weighted by Crippen LogP contribution is 2.36. The van der Waals surface area contributed by atoms with E-state index in [1.807, 2.05) is 42.5 Å². The second-order valence-electron chi connectivity index (χ2n) is 8.67. The summed E-state index contributed by atoms with van der Waals surface area (Å²) in [6.07, 6.45) is 3.44. The molecule has 180 valence electrons. The Bertz CT molecular complexity index is 1360. The van der Waals surface area contributed by atoms with E-state index in [2.05, 4.69) is 17.0 Å². The molecule has 2 aliphatic heterocycles. The number of thiocarbonyl (C=S) groups is 1. The van der Waals surface area contributed by atoms with Crippen LogP contribution in [0.2, 0.25) is 0 Å². The zero-order valence-electron chi connectivity index (χ0n) is 19.6. The van der Waals surface area contributed by atoms with Gasteiger partial charge in [-0.3, -0.25) is 14.5 Å². The van der Waals surface area contributed by atoms with Crippen LogP contribution >= 0.6 is 24.0 Å². The predicted octanol–water partition coefficient (Wildman–Crippen LogP) is 4.21. The molecule has 6 nitrogen and oxygen atoms in total. The first-order valence-electron chi connectivity index (χ1n) is 11.8. The zero-order valence-corrected chi connectivity index (χ0v) is 21.2. The van der Waals surface area contributed by atoms with Gasteiger partial charge < -0.3 is 14.2 Å². The Morgan fingerprint density at radius 3 is 2.51 bits per heavy atom. The van der Waals surface area contributed by atoms with E-state index in [1.165, 1.54) is 17.3 Å². The molecule has 0 radical (unpaired) electrons. The van der Waals surface area contributed by atoms with Crippen molar-refractivity contribution in [3.63, 3.8) is 0 Å². The molecule has 35 heavy (non-hydrogen) atoms. The minimum atomic E-state index is -0.129. The van der Waals surface area contributed by atoms with Crippen molar-refractivity contribution in [2.75, 3.05) is 37.7 Å². The molecule has 3 heterocycles. The third-order valence-electron chi connectivity index (χ3n) is 6.48. The minimum Gasteiger partial charge on any atom is -0.378 e. The molecule has 0 unspecified atom stereocenters. The number of carbonyl (C=O) groups excluding carboxylic acids is 1. The van der Waals surface area contributed by atoms with Crippen LogP contribution < -0.4 is 10.5 Å². The monoisotopic (exact) mass is 505 g/mol. The van der Waals surface area contributed by atoms with Gasteiger partial charge in [-0.25, -0.2) is 0 Å². The van der Waals surface area contributed by atoms with E-state index in [0.717, 1.165) is 29.4 Å². The molecule has 0 aliphatic carbocycles. The van der Waals surface area contributed by atoms with Crippen molar-refractivity contribution in [1.29, 1.82) is 0 Å². The largest absolute Gasteiger partial charge is 0.378 e. The zero-order chi connectivity index (χ0) is 24.4. The number of nitrogens with zero attached hydrogens (tertiary/aromatic N) is 3. The molecule has 0 N–H and O–H groups in total. The number of amides is 1. The highest BCUT2D eigenvalue weighted by Gasteiger charge is 2.32. The maximum atomic E-state index is 13.5. The fraction of sp³-hybridized carbons (Fsp3) is 0.296. The number of rotatable bonds is 6. The lowest BCUT2D eigenvalue weighted by Crippen LogP contribution is -2.38. The molecule has 2 aliphatic rings. The first-order valence-corrected chi connectivity index (χ1v) is 13.0. The topological polar surface area (TPSA) is 54.8 Å². The summed E-state index contributed by atoms with van der Waals surface area (Å²) in [5, 5.41) is 0.987. The summed E-state index contributed by atoms with van der Waals surface area (Å²) in [5.74, 6) is -0.129. The number of hydrogen-bond acceptors (Lipinski definition) is 6. The summed E-state index contributed by atoms with van der Waals surface area (Å²) >= 11 is 6.83. The van der Waals surface area contributed by atoms with E-state index in [-0.39, 0.29) is 11.5 Å². The van der Waals surface area contributed by atoms with Crippen molar-refractivity contribution in [1.82, 2.24) is 9.47 Å². The molecule has 0 saturated carbocycles.